The number of hydrogen-bond acceptors (Lipinski definition) is 9. The van der Waals surface area contributed by atoms with Crippen molar-refractivity contribution in [3.8, 4) is 16.9 Å². The van der Waals surface area contributed by atoms with Crippen molar-refractivity contribution in [2.24, 2.45) is 5.73 Å². The number of amides is 2. The summed E-state index contributed by atoms with van der Waals surface area (Å²) < 4.78 is 56.1. The zero-order valence-corrected chi connectivity index (χ0v) is 24.4. The molecule has 3 aromatic rings. The molecular formula is C24H28N4O6S4. The summed E-state index contributed by atoms with van der Waals surface area (Å²) in [7, 11) is -5.82. The Bertz CT molecular complexity index is 1600. The maximum absolute atomic E-state index is 13.7. The molecule has 0 saturated carbocycles. The lowest BCUT2D eigenvalue weighted by Gasteiger charge is -2.17. The van der Waals surface area contributed by atoms with Gasteiger partial charge in [0, 0.05) is 35.4 Å². The van der Waals surface area contributed by atoms with Crippen molar-refractivity contribution in [2.45, 2.75) is 20.9 Å². The van der Waals surface area contributed by atoms with Gasteiger partial charge in [-0.3, -0.25) is 5.41 Å². The number of hydrogen-bond donors (Lipinski definition) is 4. The third-order valence-corrected chi connectivity index (χ3v) is 10.6. The molecule has 2 amide bonds. The number of thiophene rings is 1. The molecule has 2 aromatic carbocycles. The topological polar surface area (TPSA) is 169 Å². The predicted octanol–water partition coefficient (Wildman–Crippen LogP) is 3.74. The number of aryl methyl sites for hydroxylation is 1. The van der Waals surface area contributed by atoms with E-state index in [9.17, 15) is 21.6 Å². The minimum Gasteiger partial charge on any atom is -0.497 e. The Balaban J connectivity index is 2.08. The highest BCUT2D eigenvalue weighted by Gasteiger charge is 2.28. The number of methoxy groups -OCH3 is 1. The lowest BCUT2D eigenvalue weighted by Crippen LogP contribution is -2.32. The van der Waals surface area contributed by atoms with Gasteiger partial charge in [0.05, 0.1) is 27.7 Å². The van der Waals surface area contributed by atoms with E-state index in [2.05, 4.69) is 10.6 Å². The number of thioether (sulfide) groups is 1. The van der Waals surface area contributed by atoms with Crippen molar-refractivity contribution in [3.05, 3.63) is 52.9 Å². The quantitative estimate of drug-likeness (QED) is 0.156. The Morgan fingerprint density at radius 1 is 1.18 bits per heavy atom. The van der Waals surface area contributed by atoms with Gasteiger partial charge in [0.1, 0.15) is 26.3 Å². The fourth-order valence-electron chi connectivity index (χ4n) is 3.72. The summed E-state index contributed by atoms with van der Waals surface area (Å²) >= 11 is 2.47. The number of nitrogens with one attached hydrogen (secondary N) is 3. The standard InChI is InChI=1S/C24H28N4O6S4/c1-14-10-16(34-2)12-19(28-24(29)27-8-9-37(4,30)31)20(14)15-6-5-7-17(11-15)38(32,33)21-18(22(25)26)13-36-23(21)35-3/h5-7,10-13H,8-9H2,1-4H3,(H3,25,26)(H2,27,28,29). The summed E-state index contributed by atoms with van der Waals surface area (Å²) in [5.74, 6) is -0.0844. The number of amidine groups is 1. The number of urea groups is 1. The summed E-state index contributed by atoms with van der Waals surface area (Å²) in [6.07, 6.45) is 2.83. The summed E-state index contributed by atoms with van der Waals surface area (Å²) in [5.41, 5.74) is 7.95. The molecule has 0 unspecified atom stereocenters. The van der Waals surface area contributed by atoms with Crippen LogP contribution in [-0.4, -0.2) is 60.6 Å². The van der Waals surface area contributed by atoms with Gasteiger partial charge >= 0.3 is 6.03 Å². The van der Waals surface area contributed by atoms with E-state index < -0.39 is 25.7 Å². The van der Waals surface area contributed by atoms with Crippen LogP contribution in [0, 0.1) is 12.3 Å². The number of anilines is 1. The molecule has 0 saturated heterocycles. The van der Waals surface area contributed by atoms with Gasteiger partial charge in [-0.25, -0.2) is 21.6 Å². The van der Waals surface area contributed by atoms with E-state index in [1.807, 2.05) is 0 Å². The van der Waals surface area contributed by atoms with Gasteiger partial charge in [0.2, 0.25) is 9.84 Å². The number of carbonyl (C=O) groups excluding carboxylic acids is 1. The minimum absolute atomic E-state index is 0.00460. The molecule has 204 valence electrons. The average molecular weight is 597 g/mol. The second kappa shape index (κ2) is 11.8. The molecule has 10 nitrogen and oxygen atoms in total. The lowest BCUT2D eigenvalue weighted by atomic mass is 9.98. The Morgan fingerprint density at radius 2 is 1.89 bits per heavy atom. The van der Waals surface area contributed by atoms with Crippen molar-refractivity contribution in [1.29, 1.82) is 5.41 Å². The SMILES string of the molecule is COc1cc(C)c(-c2cccc(S(=O)(=O)c3c(C(=N)N)csc3SC)c2)c(NC(=O)NCCS(C)(=O)=O)c1. The van der Waals surface area contributed by atoms with Crippen LogP contribution in [0.4, 0.5) is 10.5 Å². The lowest BCUT2D eigenvalue weighted by molar-refractivity contribution is 0.252. The first-order chi connectivity index (χ1) is 17.8. The molecule has 0 atom stereocenters. The average Bonchev–Trinajstić information content (AvgIpc) is 3.28. The Kier molecular flexibility index (Phi) is 9.13. The number of sulfone groups is 2. The molecule has 0 radical (unpaired) electrons. The van der Waals surface area contributed by atoms with Crippen molar-refractivity contribution in [3.63, 3.8) is 0 Å². The zero-order chi connectivity index (χ0) is 28.3. The van der Waals surface area contributed by atoms with Gasteiger partial charge < -0.3 is 21.1 Å². The molecule has 0 fully saturated rings. The second-order valence-corrected chi connectivity index (χ2v) is 14.4. The van der Waals surface area contributed by atoms with Crippen LogP contribution in [0.25, 0.3) is 11.1 Å². The zero-order valence-electron chi connectivity index (χ0n) is 21.1. The van der Waals surface area contributed by atoms with Crippen LogP contribution in [0.3, 0.4) is 0 Å². The third-order valence-electron chi connectivity index (χ3n) is 5.44. The molecule has 3 rings (SSSR count). The van der Waals surface area contributed by atoms with Crippen LogP contribution in [0.2, 0.25) is 0 Å². The summed E-state index contributed by atoms with van der Waals surface area (Å²) in [5, 5.41) is 14.6. The Morgan fingerprint density at radius 3 is 2.50 bits per heavy atom. The van der Waals surface area contributed by atoms with E-state index in [0.717, 1.165) is 6.26 Å². The fraction of sp³-hybridized carbons (Fsp3) is 0.250. The number of nitrogens with two attached hydrogens (primary N) is 1. The molecule has 14 heteroatoms. The number of ether oxygens (including phenoxy) is 1. The van der Waals surface area contributed by atoms with Crippen molar-refractivity contribution >= 4 is 60.3 Å². The molecule has 0 aliphatic heterocycles. The van der Waals surface area contributed by atoms with Crippen LogP contribution < -0.4 is 21.1 Å². The van der Waals surface area contributed by atoms with Gasteiger partial charge in [0.15, 0.2) is 0 Å². The molecule has 0 aliphatic carbocycles. The van der Waals surface area contributed by atoms with Crippen LogP contribution in [0.1, 0.15) is 11.1 Å². The first-order valence-electron chi connectivity index (χ1n) is 11.0. The molecule has 0 spiro atoms. The van der Waals surface area contributed by atoms with E-state index in [-0.39, 0.29) is 33.5 Å². The predicted molar refractivity (Wildman–Crippen MR) is 152 cm³/mol. The Hall–Kier alpha value is -3.07. The molecule has 1 heterocycles. The van der Waals surface area contributed by atoms with Gasteiger partial charge in [-0.15, -0.1) is 23.1 Å². The van der Waals surface area contributed by atoms with Crippen LogP contribution >= 0.6 is 23.1 Å². The first kappa shape index (κ1) is 29.5. The molecule has 0 aliphatic rings. The Labute approximate surface area is 230 Å². The van der Waals surface area contributed by atoms with Crippen molar-refractivity contribution in [2.75, 3.05) is 37.2 Å². The summed E-state index contributed by atoms with van der Waals surface area (Å²) in [6, 6.07) is 9.01. The highest BCUT2D eigenvalue weighted by molar-refractivity contribution is 8.01. The number of rotatable bonds is 10. The summed E-state index contributed by atoms with van der Waals surface area (Å²) in [6.45, 7) is 1.72. The maximum Gasteiger partial charge on any atom is 0.319 e. The van der Waals surface area contributed by atoms with E-state index in [1.54, 1.807) is 42.8 Å². The monoisotopic (exact) mass is 596 g/mol. The van der Waals surface area contributed by atoms with Crippen molar-refractivity contribution in [1.82, 2.24) is 5.32 Å². The van der Waals surface area contributed by atoms with Crippen molar-refractivity contribution < 1.29 is 26.4 Å². The second-order valence-electron chi connectivity index (χ2n) is 8.29. The maximum atomic E-state index is 13.7. The molecule has 1 aromatic heterocycles. The van der Waals surface area contributed by atoms with Gasteiger partial charge in [-0.1, -0.05) is 12.1 Å². The minimum atomic E-state index is -4.04. The van der Waals surface area contributed by atoms with Gasteiger partial charge in [-0.2, -0.15) is 0 Å². The third kappa shape index (κ3) is 6.67. The molecular weight excluding hydrogens is 569 g/mol. The first-order valence-corrected chi connectivity index (χ1v) is 16.7. The highest BCUT2D eigenvalue weighted by atomic mass is 32.2. The van der Waals surface area contributed by atoms with Crippen LogP contribution in [-0.2, 0) is 19.7 Å². The highest BCUT2D eigenvalue weighted by Crippen LogP contribution is 2.40. The largest absolute Gasteiger partial charge is 0.497 e. The molecule has 0 bridgehead atoms. The van der Waals surface area contributed by atoms with Gasteiger partial charge in [-0.05, 0) is 42.5 Å². The van der Waals surface area contributed by atoms with Crippen LogP contribution in [0.15, 0.2) is 55.8 Å². The molecule has 5 N–H and O–H groups in total. The van der Waals surface area contributed by atoms with E-state index in [0.29, 0.717) is 32.3 Å². The smallest absolute Gasteiger partial charge is 0.319 e. The van der Waals surface area contributed by atoms with E-state index >= 15 is 0 Å². The number of benzene rings is 2. The fourth-order valence-corrected chi connectivity index (χ4v) is 8.28. The van der Waals surface area contributed by atoms with E-state index in [1.165, 1.54) is 42.3 Å². The van der Waals surface area contributed by atoms with E-state index in [4.69, 9.17) is 15.9 Å². The number of nitrogen functional groups attached to an aromatic ring is 1. The normalized spacial score (nSPS) is 11.7. The van der Waals surface area contributed by atoms with Crippen LogP contribution in [0.5, 0.6) is 5.75 Å². The summed E-state index contributed by atoms with van der Waals surface area (Å²) in [4.78, 5) is 12.6. The number of carbonyl (C=O) groups is 1. The molecule has 38 heavy (non-hydrogen) atoms. The van der Waals surface area contributed by atoms with Gasteiger partial charge in [0.25, 0.3) is 0 Å².